The summed E-state index contributed by atoms with van der Waals surface area (Å²) in [5.41, 5.74) is 2.47. The Kier molecular flexibility index (Phi) is 9.13. The van der Waals surface area contributed by atoms with E-state index in [-0.39, 0.29) is 0 Å². The summed E-state index contributed by atoms with van der Waals surface area (Å²) < 4.78 is 11.0. The van der Waals surface area contributed by atoms with Gasteiger partial charge >= 0.3 is 0 Å². The van der Waals surface area contributed by atoms with Crippen LogP contribution in [0.3, 0.4) is 0 Å². The van der Waals surface area contributed by atoms with Crippen molar-refractivity contribution in [3.8, 4) is 5.75 Å². The molecule has 0 aliphatic rings. The Morgan fingerprint density at radius 2 is 2.00 bits per heavy atom. The Bertz CT molecular complexity index is 421. The highest BCUT2D eigenvalue weighted by Gasteiger charge is 2.09. The fraction of sp³-hybridized carbons (Fsp3) is 0.667. The number of rotatable bonds is 11. The van der Waals surface area contributed by atoms with E-state index in [1.165, 1.54) is 11.1 Å². The lowest BCUT2D eigenvalue weighted by molar-refractivity contribution is 0.104. The van der Waals surface area contributed by atoms with E-state index in [0.29, 0.717) is 19.2 Å². The zero-order valence-electron chi connectivity index (χ0n) is 14.4. The summed E-state index contributed by atoms with van der Waals surface area (Å²) in [5, 5.41) is 13.2. The SMILES string of the molecule is CCCc1cc(CCOC)ccc1OCC(O)CNC(C)C. The van der Waals surface area contributed by atoms with Gasteiger partial charge in [0.05, 0.1) is 6.61 Å². The predicted molar refractivity (Wildman–Crippen MR) is 90.7 cm³/mol. The number of aliphatic hydroxyl groups is 1. The lowest BCUT2D eigenvalue weighted by Crippen LogP contribution is -2.35. The van der Waals surface area contributed by atoms with Gasteiger partial charge in [0.2, 0.25) is 0 Å². The van der Waals surface area contributed by atoms with Gasteiger partial charge in [-0.25, -0.2) is 0 Å². The molecule has 2 N–H and O–H groups in total. The van der Waals surface area contributed by atoms with E-state index in [2.05, 4.69) is 38.2 Å². The number of benzene rings is 1. The minimum Gasteiger partial charge on any atom is -0.491 e. The second-order valence-electron chi connectivity index (χ2n) is 5.96. The quantitative estimate of drug-likeness (QED) is 0.659. The molecule has 0 amide bonds. The molecule has 1 aromatic rings. The van der Waals surface area contributed by atoms with Gasteiger partial charge in [0, 0.05) is 19.7 Å². The van der Waals surface area contributed by atoms with Gasteiger partial charge in [0.25, 0.3) is 0 Å². The first kappa shape index (κ1) is 18.9. The van der Waals surface area contributed by atoms with E-state index in [0.717, 1.165) is 31.6 Å². The first-order chi connectivity index (χ1) is 10.6. The van der Waals surface area contributed by atoms with Gasteiger partial charge in [0.1, 0.15) is 18.5 Å². The van der Waals surface area contributed by atoms with Crippen LogP contribution in [0.1, 0.15) is 38.3 Å². The zero-order chi connectivity index (χ0) is 16.4. The molecular weight excluding hydrogens is 278 g/mol. The molecule has 1 aromatic carbocycles. The van der Waals surface area contributed by atoms with Crippen LogP contribution in [0.5, 0.6) is 5.75 Å². The molecule has 0 aliphatic heterocycles. The first-order valence-electron chi connectivity index (χ1n) is 8.21. The van der Waals surface area contributed by atoms with Crippen LogP contribution in [0, 0.1) is 0 Å². The number of hydrogen-bond acceptors (Lipinski definition) is 4. The summed E-state index contributed by atoms with van der Waals surface area (Å²) in [6, 6.07) is 6.65. The number of ether oxygens (including phenoxy) is 2. The molecule has 126 valence electrons. The van der Waals surface area contributed by atoms with Crippen molar-refractivity contribution in [3.63, 3.8) is 0 Å². The molecule has 1 rings (SSSR count). The van der Waals surface area contributed by atoms with E-state index in [1.807, 2.05) is 6.07 Å². The molecule has 1 atom stereocenters. The summed E-state index contributed by atoms with van der Waals surface area (Å²) in [6.45, 7) is 7.87. The highest BCUT2D eigenvalue weighted by molar-refractivity contribution is 5.37. The summed E-state index contributed by atoms with van der Waals surface area (Å²) in [7, 11) is 1.72. The molecular formula is C18H31NO3. The van der Waals surface area contributed by atoms with E-state index >= 15 is 0 Å². The molecule has 1 unspecified atom stereocenters. The van der Waals surface area contributed by atoms with Gasteiger partial charge in [-0.1, -0.05) is 39.3 Å². The third kappa shape index (κ3) is 7.25. The third-order valence-corrected chi connectivity index (χ3v) is 3.43. The van der Waals surface area contributed by atoms with Crippen molar-refractivity contribution in [1.82, 2.24) is 5.32 Å². The van der Waals surface area contributed by atoms with E-state index in [9.17, 15) is 5.11 Å². The number of nitrogens with one attached hydrogen (secondary N) is 1. The first-order valence-corrected chi connectivity index (χ1v) is 8.21. The standard InChI is InChI=1S/C18H31NO3/c1-5-6-16-11-15(9-10-21-4)7-8-18(16)22-13-17(20)12-19-14(2)3/h7-8,11,14,17,19-20H,5-6,9-10,12-13H2,1-4H3. The molecule has 0 saturated heterocycles. The van der Waals surface area contributed by atoms with Gasteiger partial charge in [-0.3, -0.25) is 0 Å². The van der Waals surface area contributed by atoms with Crippen molar-refractivity contribution in [2.45, 2.75) is 52.2 Å². The monoisotopic (exact) mass is 309 g/mol. The molecule has 22 heavy (non-hydrogen) atoms. The van der Waals surface area contributed by atoms with Crippen molar-refractivity contribution in [2.24, 2.45) is 0 Å². The van der Waals surface area contributed by atoms with Gasteiger partial charge in [-0.05, 0) is 30.0 Å². The number of hydrogen-bond donors (Lipinski definition) is 2. The van der Waals surface area contributed by atoms with Crippen LogP contribution in [-0.2, 0) is 17.6 Å². The van der Waals surface area contributed by atoms with Crippen LogP contribution in [0.25, 0.3) is 0 Å². The van der Waals surface area contributed by atoms with E-state index in [1.54, 1.807) is 7.11 Å². The maximum Gasteiger partial charge on any atom is 0.122 e. The Morgan fingerprint density at radius 1 is 1.23 bits per heavy atom. The van der Waals surface area contributed by atoms with Crippen molar-refractivity contribution in [1.29, 1.82) is 0 Å². The fourth-order valence-corrected chi connectivity index (χ4v) is 2.23. The van der Waals surface area contributed by atoms with Gasteiger partial charge in [0.15, 0.2) is 0 Å². The van der Waals surface area contributed by atoms with Crippen LogP contribution in [0.15, 0.2) is 18.2 Å². The maximum atomic E-state index is 9.95. The minimum absolute atomic E-state index is 0.313. The average Bonchev–Trinajstić information content (AvgIpc) is 2.50. The van der Waals surface area contributed by atoms with E-state index in [4.69, 9.17) is 9.47 Å². The summed E-state index contributed by atoms with van der Waals surface area (Å²) >= 11 is 0. The Labute approximate surface area is 134 Å². The third-order valence-electron chi connectivity index (χ3n) is 3.43. The average molecular weight is 309 g/mol. The zero-order valence-corrected chi connectivity index (χ0v) is 14.4. The molecule has 0 radical (unpaired) electrons. The Hall–Kier alpha value is -1.10. The minimum atomic E-state index is -0.495. The topological polar surface area (TPSA) is 50.7 Å². The molecule has 0 heterocycles. The number of aryl methyl sites for hydroxylation is 1. The smallest absolute Gasteiger partial charge is 0.122 e. The molecule has 0 spiro atoms. The summed E-state index contributed by atoms with van der Waals surface area (Å²) in [5.74, 6) is 0.881. The Balaban J connectivity index is 2.60. The van der Waals surface area contributed by atoms with Crippen molar-refractivity contribution < 1.29 is 14.6 Å². The fourth-order valence-electron chi connectivity index (χ4n) is 2.23. The molecule has 0 bridgehead atoms. The van der Waals surface area contributed by atoms with Crippen LogP contribution in [0.4, 0.5) is 0 Å². The number of aliphatic hydroxyl groups excluding tert-OH is 1. The molecule has 0 saturated carbocycles. The normalized spacial score (nSPS) is 12.6. The molecule has 4 heteroatoms. The lowest BCUT2D eigenvalue weighted by atomic mass is 10.0. The Morgan fingerprint density at radius 3 is 2.64 bits per heavy atom. The largest absolute Gasteiger partial charge is 0.491 e. The van der Waals surface area contributed by atoms with Crippen LogP contribution < -0.4 is 10.1 Å². The molecule has 0 aromatic heterocycles. The molecule has 0 aliphatic carbocycles. The van der Waals surface area contributed by atoms with E-state index < -0.39 is 6.10 Å². The highest BCUT2D eigenvalue weighted by atomic mass is 16.5. The van der Waals surface area contributed by atoms with Crippen molar-refractivity contribution in [2.75, 3.05) is 26.9 Å². The maximum absolute atomic E-state index is 9.95. The van der Waals surface area contributed by atoms with Gasteiger partial charge in [-0.15, -0.1) is 0 Å². The summed E-state index contributed by atoms with van der Waals surface area (Å²) in [6.07, 6.45) is 2.47. The second kappa shape index (κ2) is 10.6. The van der Waals surface area contributed by atoms with Gasteiger partial charge < -0.3 is 19.9 Å². The van der Waals surface area contributed by atoms with Crippen molar-refractivity contribution in [3.05, 3.63) is 29.3 Å². The highest BCUT2D eigenvalue weighted by Crippen LogP contribution is 2.22. The van der Waals surface area contributed by atoms with Crippen LogP contribution in [0.2, 0.25) is 0 Å². The second-order valence-corrected chi connectivity index (χ2v) is 5.96. The van der Waals surface area contributed by atoms with Crippen molar-refractivity contribution >= 4 is 0 Å². The van der Waals surface area contributed by atoms with Gasteiger partial charge in [-0.2, -0.15) is 0 Å². The molecule has 0 fully saturated rings. The number of methoxy groups -OCH3 is 1. The van der Waals surface area contributed by atoms with Crippen LogP contribution >= 0.6 is 0 Å². The van der Waals surface area contributed by atoms with Crippen LogP contribution in [-0.4, -0.2) is 44.1 Å². The molecule has 4 nitrogen and oxygen atoms in total. The predicted octanol–water partition coefficient (Wildman–Crippen LogP) is 2.57. The summed E-state index contributed by atoms with van der Waals surface area (Å²) in [4.78, 5) is 0. The lowest BCUT2D eigenvalue weighted by Gasteiger charge is -2.17.